The second-order valence-corrected chi connectivity index (χ2v) is 5.09. The molecule has 1 unspecified atom stereocenters. The standard InChI is InChI=1S/C14H19ClF3N/c1-11(9-15)4-3-7-19-10-12-5-2-6-13(8-12)14(16,17)18/h2,5-6,8,11,19H,3-4,7,9-10H2,1H3. The van der Waals surface area contributed by atoms with Gasteiger partial charge >= 0.3 is 6.18 Å². The van der Waals surface area contributed by atoms with Crippen LogP contribution < -0.4 is 5.32 Å². The summed E-state index contributed by atoms with van der Waals surface area (Å²) < 4.78 is 37.5. The van der Waals surface area contributed by atoms with Crippen molar-refractivity contribution in [3.8, 4) is 0 Å². The highest BCUT2D eigenvalue weighted by molar-refractivity contribution is 6.18. The summed E-state index contributed by atoms with van der Waals surface area (Å²) in [5.74, 6) is 1.13. The van der Waals surface area contributed by atoms with E-state index in [0.29, 0.717) is 23.9 Å². The van der Waals surface area contributed by atoms with Gasteiger partial charge in [0.2, 0.25) is 0 Å². The van der Waals surface area contributed by atoms with Crippen LogP contribution in [0.3, 0.4) is 0 Å². The molecule has 1 aromatic carbocycles. The fourth-order valence-corrected chi connectivity index (χ4v) is 1.90. The van der Waals surface area contributed by atoms with Gasteiger partial charge < -0.3 is 5.32 Å². The molecular formula is C14H19ClF3N. The first-order valence-corrected chi connectivity index (χ1v) is 6.89. The van der Waals surface area contributed by atoms with Crippen LogP contribution in [0.1, 0.15) is 30.9 Å². The second kappa shape index (κ2) is 7.75. The fourth-order valence-electron chi connectivity index (χ4n) is 1.74. The van der Waals surface area contributed by atoms with E-state index >= 15 is 0 Å². The first-order chi connectivity index (χ1) is 8.93. The predicted octanol–water partition coefficient (Wildman–Crippen LogP) is 4.45. The van der Waals surface area contributed by atoms with E-state index in [4.69, 9.17) is 11.6 Å². The number of rotatable bonds is 7. The topological polar surface area (TPSA) is 12.0 Å². The Morgan fingerprint density at radius 1 is 1.32 bits per heavy atom. The smallest absolute Gasteiger partial charge is 0.313 e. The zero-order valence-electron chi connectivity index (χ0n) is 10.9. The summed E-state index contributed by atoms with van der Waals surface area (Å²) in [5, 5.41) is 3.15. The van der Waals surface area contributed by atoms with Crippen LogP contribution in [0.25, 0.3) is 0 Å². The molecule has 0 amide bonds. The molecule has 1 N–H and O–H groups in total. The van der Waals surface area contributed by atoms with Gasteiger partial charge in [-0.15, -0.1) is 11.6 Å². The monoisotopic (exact) mass is 293 g/mol. The average molecular weight is 294 g/mol. The third kappa shape index (κ3) is 6.30. The maximum Gasteiger partial charge on any atom is 0.416 e. The lowest BCUT2D eigenvalue weighted by Crippen LogP contribution is -2.16. The number of benzene rings is 1. The molecule has 0 aromatic heterocycles. The molecule has 0 aliphatic heterocycles. The lowest BCUT2D eigenvalue weighted by atomic mass is 10.1. The van der Waals surface area contributed by atoms with E-state index in [1.807, 2.05) is 0 Å². The Labute approximate surface area is 117 Å². The van der Waals surface area contributed by atoms with Crippen molar-refractivity contribution in [1.29, 1.82) is 0 Å². The van der Waals surface area contributed by atoms with Crippen LogP contribution in [0, 0.1) is 5.92 Å². The summed E-state index contributed by atoms with van der Waals surface area (Å²) in [4.78, 5) is 0. The quantitative estimate of drug-likeness (QED) is 0.578. The number of halogens is 4. The van der Waals surface area contributed by atoms with Crippen molar-refractivity contribution in [3.05, 3.63) is 35.4 Å². The molecule has 0 radical (unpaired) electrons. The summed E-state index contributed by atoms with van der Waals surface area (Å²) in [6, 6.07) is 5.42. The SMILES string of the molecule is CC(CCl)CCCNCc1cccc(C(F)(F)F)c1. The van der Waals surface area contributed by atoms with E-state index in [2.05, 4.69) is 12.2 Å². The Kier molecular flexibility index (Phi) is 6.66. The van der Waals surface area contributed by atoms with Gasteiger partial charge in [-0.05, 0) is 36.9 Å². The Hall–Kier alpha value is -0.740. The molecule has 1 atom stereocenters. The molecule has 0 aliphatic rings. The summed E-state index contributed by atoms with van der Waals surface area (Å²) >= 11 is 5.69. The van der Waals surface area contributed by atoms with Crippen LogP contribution in [-0.2, 0) is 12.7 Å². The highest BCUT2D eigenvalue weighted by Gasteiger charge is 2.30. The van der Waals surface area contributed by atoms with E-state index in [1.54, 1.807) is 6.07 Å². The van der Waals surface area contributed by atoms with Crippen LogP contribution in [-0.4, -0.2) is 12.4 Å². The Balaban J connectivity index is 2.34. The van der Waals surface area contributed by atoms with Gasteiger partial charge in [-0.25, -0.2) is 0 Å². The molecule has 108 valence electrons. The molecule has 5 heteroatoms. The fraction of sp³-hybridized carbons (Fsp3) is 0.571. The van der Waals surface area contributed by atoms with Crippen molar-refractivity contribution in [2.75, 3.05) is 12.4 Å². The number of hydrogen-bond donors (Lipinski definition) is 1. The summed E-state index contributed by atoms with van der Waals surface area (Å²) in [6.45, 7) is 3.33. The van der Waals surface area contributed by atoms with Gasteiger partial charge in [0.05, 0.1) is 5.56 Å². The zero-order valence-corrected chi connectivity index (χ0v) is 11.7. The molecule has 0 heterocycles. The first kappa shape index (κ1) is 16.3. The molecule has 19 heavy (non-hydrogen) atoms. The molecular weight excluding hydrogens is 275 g/mol. The minimum atomic E-state index is -4.27. The van der Waals surface area contributed by atoms with Crippen molar-refractivity contribution in [2.45, 2.75) is 32.5 Å². The first-order valence-electron chi connectivity index (χ1n) is 6.36. The normalized spacial score (nSPS) is 13.5. The molecule has 1 rings (SSSR count). The molecule has 0 fully saturated rings. The lowest BCUT2D eigenvalue weighted by molar-refractivity contribution is -0.137. The number of nitrogens with one attached hydrogen (secondary N) is 1. The van der Waals surface area contributed by atoms with Gasteiger partial charge in [0.1, 0.15) is 0 Å². The van der Waals surface area contributed by atoms with Gasteiger partial charge in [0.15, 0.2) is 0 Å². The maximum atomic E-state index is 12.5. The molecule has 1 aromatic rings. The van der Waals surface area contributed by atoms with Gasteiger partial charge in [-0.3, -0.25) is 0 Å². The molecule has 1 nitrogen and oxygen atoms in total. The lowest BCUT2D eigenvalue weighted by Gasteiger charge is -2.10. The molecule has 0 spiro atoms. The van der Waals surface area contributed by atoms with E-state index in [-0.39, 0.29) is 0 Å². The molecule has 0 saturated carbocycles. The minimum Gasteiger partial charge on any atom is -0.313 e. The maximum absolute atomic E-state index is 12.5. The minimum absolute atomic E-state index is 0.458. The van der Waals surface area contributed by atoms with Crippen LogP contribution in [0.4, 0.5) is 13.2 Å². The van der Waals surface area contributed by atoms with Crippen LogP contribution in [0.5, 0.6) is 0 Å². The van der Waals surface area contributed by atoms with E-state index in [0.717, 1.165) is 25.5 Å². The van der Waals surface area contributed by atoms with E-state index < -0.39 is 11.7 Å². The third-order valence-electron chi connectivity index (χ3n) is 2.90. The van der Waals surface area contributed by atoms with Gasteiger partial charge in [-0.1, -0.05) is 25.1 Å². The highest BCUT2D eigenvalue weighted by Crippen LogP contribution is 2.29. The Morgan fingerprint density at radius 3 is 2.68 bits per heavy atom. The summed E-state index contributed by atoms with van der Waals surface area (Å²) in [5.41, 5.74) is 0.0581. The van der Waals surface area contributed by atoms with Crippen molar-refractivity contribution in [2.24, 2.45) is 5.92 Å². The molecule has 0 aliphatic carbocycles. The predicted molar refractivity (Wildman–Crippen MR) is 72.3 cm³/mol. The van der Waals surface area contributed by atoms with Gasteiger partial charge in [0.25, 0.3) is 0 Å². The van der Waals surface area contributed by atoms with Gasteiger partial charge in [-0.2, -0.15) is 13.2 Å². The van der Waals surface area contributed by atoms with Crippen molar-refractivity contribution in [1.82, 2.24) is 5.32 Å². The van der Waals surface area contributed by atoms with Crippen molar-refractivity contribution < 1.29 is 13.2 Å². The van der Waals surface area contributed by atoms with Crippen LogP contribution in [0.2, 0.25) is 0 Å². The van der Waals surface area contributed by atoms with E-state index in [1.165, 1.54) is 12.1 Å². The van der Waals surface area contributed by atoms with Crippen molar-refractivity contribution in [3.63, 3.8) is 0 Å². The van der Waals surface area contributed by atoms with Gasteiger partial charge in [0, 0.05) is 12.4 Å². The second-order valence-electron chi connectivity index (χ2n) is 4.78. The summed E-state index contributed by atoms with van der Waals surface area (Å²) in [6.07, 6.45) is -2.27. The summed E-state index contributed by atoms with van der Waals surface area (Å²) in [7, 11) is 0. The van der Waals surface area contributed by atoms with Crippen LogP contribution >= 0.6 is 11.6 Å². The van der Waals surface area contributed by atoms with Crippen molar-refractivity contribution >= 4 is 11.6 Å². The highest BCUT2D eigenvalue weighted by atomic mass is 35.5. The van der Waals surface area contributed by atoms with E-state index in [9.17, 15) is 13.2 Å². The number of alkyl halides is 4. The Bertz CT molecular complexity index is 379. The van der Waals surface area contributed by atoms with Crippen LogP contribution in [0.15, 0.2) is 24.3 Å². The molecule has 0 saturated heterocycles. The Morgan fingerprint density at radius 2 is 2.05 bits per heavy atom. The largest absolute Gasteiger partial charge is 0.416 e. The average Bonchev–Trinajstić information content (AvgIpc) is 2.37. The zero-order chi connectivity index (χ0) is 14.3. The third-order valence-corrected chi connectivity index (χ3v) is 3.42. The number of hydrogen-bond acceptors (Lipinski definition) is 1. The molecule has 0 bridgehead atoms.